The number of anilines is 3. The van der Waals surface area contributed by atoms with Crippen LogP contribution in [0.25, 0.3) is 11.2 Å². The predicted molar refractivity (Wildman–Crippen MR) is 136 cm³/mol. The number of rotatable bonds is 6. The fourth-order valence-corrected chi connectivity index (χ4v) is 5.95. The van der Waals surface area contributed by atoms with E-state index in [1.54, 1.807) is 18.3 Å². The predicted octanol–water partition coefficient (Wildman–Crippen LogP) is 6.35. The summed E-state index contributed by atoms with van der Waals surface area (Å²) in [7, 11) is 0. The highest BCUT2D eigenvalue weighted by molar-refractivity contribution is 6.41. The number of hydrogen-bond donors (Lipinski definition) is 3. The molecule has 0 spiro atoms. The van der Waals surface area contributed by atoms with Gasteiger partial charge in [-0.2, -0.15) is 4.98 Å². The van der Waals surface area contributed by atoms with Crippen molar-refractivity contribution in [1.82, 2.24) is 19.5 Å². The van der Waals surface area contributed by atoms with E-state index in [0.29, 0.717) is 70.0 Å². The maximum absolute atomic E-state index is 13.7. The number of amides is 1. The molecule has 2 saturated carbocycles. The first-order valence-corrected chi connectivity index (χ1v) is 12.8. The molecule has 3 aromatic rings. The Kier molecular flexibility index (Phi) is 6.86. The lowest BCUT2D eigenvalue weighted by molar-refractivity contribution is -0.122. The maximum atomic E-state index is 13.7. The van der Waals surface area contributed by atoms with E-state index in [9.17, 15) is 13.6 Å². The Morgan fingerprint density at radius 3 is 2.39 bits per heavy atom. The van der Waals surface area contributed by atoms with E-state index in [1.807, 2.05) is 4.57 Å². The molecule has 1 atom stereocenters. The Morgan fingerprint density at radius 2 is 1.78 bits per heavy atom. The number of primary amides is 1. The standard InChI is InChI=1S/C23H24Cl3F2N7O/c24-12-7-15(25)18(16(26)8-12)33-22-32-17-10-30-21(31-13-5-6-23(27,28)9-13)34-20(17)35(22)14-3-1-11(2-4-14)19(29)36/h7-8,10-11,13-14H,1-6,9H2,(H2,29,36)(H,32,33)(H,30,31,34). The SMILES string of the molecule is NC(=O)C1CCC(n2c(Nc3c(Cl)cc(Cl)cc3Cl)nc3cnc(NC4CCC(F)(F)C4)nc32)CC1. The highest BCUT2D eigenvalue weighted by Crippen LogP contribution is 2.40. The zero-order valence-corrected chi connectivity index (χ0v) is 21.3. The Labute approximate surface area is 220 Å². The molecular formula is C23H24Cl3F2N7O. The molecule has 192 valence electrons. The average Bonchev–Trinajstić information content (AvgIpc) is 3.34. The first kappa shape index (κ1) is 25.2. The molecule has 2 fully saturated rings. The van der Waals surface area contributed by atoms with E-state index < -0.39 is 12.0 Å². The monoisotopic (exact) mass is 557 g/mol. The topological polar surface area (TPSA) is 111 Å². The van der Waals surface area contributed by atoms with E-state index >= 15 is 0 Å². The fraction of sp³-hybridized carbons (Fsp3) is 0.478. The molecule has 2 aromatic heterocycles. The van der Waals surface area contributed by atoms with Crippen LogP contribution >= 0.6 is 34.8 Å². The van der Waals surface area contributed by atoms with Gasteiger partial charge < -0.3 is 16.4 Å². The Morgan fingerprint density at radius 1 is 1.08 bits per heavy atom. The highest BCUT2D eigenvalue weighted by atomic mass is 35.5. The van der Waals surface area contributed by atoms with Crippen LogP contribution < -0.4 is 16.4 Å². The normalized spacial score (nSPS) is 23.6. The van der Waals surface area contributed by atoms with Crippen LogP contribution in [-0.2, 0) is 4.79 Å². The van der Waals surface area contributed by atoms with Crippen LogP contribution in [0.5, 0.6) is 0 Å². The average molecular weight is 559 g/mol. The summed E-state index contributed by atoms with van der Waals surface area (Å²) in [5.41, 5.74) is 7.00. The molecule has 2 aliphatic rings. The Bertz CT molecular complexity index is 1290. The van der Waals surface area contributed by atoms with Crippen molar-refractivity contribution < 1.29 is 13.6 Å². The van der Waals surface area contributed by atoms with E-state index in [0.717, 1.165) is 0 Å². The first-order chi connectivity index (χ1) is 17.1. The largest absolute Gasteiger partial charge is 0.369 e. The van der Waals surface area contributed by atoms with Gasteiger partial charge in [0.05, 0.1) is 21.9 Å². The number of fused-ring (bicyclic) bond motifs is 1. The minimum atomic E-state index is -2.68. The lowest BCUT2D eigenvalue weighted by atomic mass is 9.85. The Hall–Kier alpha value is -2.43. The summed E-state index contributed by atoms with van der Waals surface area (Å²) in [5, 5.41) is 7.29. The van der Waals surface area contributed by atoms with E-state index in [2.05, 4.69) is 25.6 Å². The van der Waals surface area contributed by atoms with Gasteiger partial charge in [-0.3, -0.25) is 9.36 Å². The third kappa shape index (κ3) is 5.17. The molecule has 0 bridgehead atoms. The molecule has 36 heavy (non-hydrogen) atoms. The third-order valence-electron chi connectivity index (χ3n) is 6.88. The van der Waals surface area contributed by atoms with Crippen LogP contribution in [0.4, 0.5) is 26.4 Å². The number of imidazole rings is 1. The molecule has 2 aliphatic carbocycles. The molecule has 2 heterocycles. The minimum Gasteiger partial charge on any atom is -0.369 e. The van der Waals surface area contributed by atoms with Crippen molar-refractivity contribution in [3.63, 3.8) is 0 Å². The molecule has 1 aromatic carbocycles. The van der Waals surface area contributed by atoms with Gasteiger partial charge in [0.15, 0.2) is 5.65 Å². The minimum absolute atomic E-state index is 0.0449. The number of nitrogens with zero attached hydrogens (tertiary/aromatic N) is 4. The van der Waals surface area contributed by atoms with Crippen molar-refractivity contribution in [2.24, 2.45) is 11.7 Å². The molecule has 13 heteroatoms. The van der Waals surface area contributed by atoms with Crippen LogP contribution in [0.2, 0.25) is 15.1 Å². The second-order valence-electron chi connectivity index (χ2n) is 9.43. The van der Waals surface area contributed by atoms with Crippen molar-refractivity contribution in [3.8, 4) is 0 Å². The van der Waals surface area contributed by atoms with Gasteiger partial charge in [0, 0.05) is 35.9 Å². The van der Waals surface area contributed by atoms with Crippen molar-refractivity contribution in [1.29, 1.82) is 0 Å². The second kappa shape index (κ2) is 9.79. The Balaban J connectivity index is 1.52. The summed E-state index contributed by atoms with van der Waals surface area (Å²) in [6, 6.07) is 2.68. The zero-order valence-electron chi connectivity index (χ0n) is 19.1. The van der Waals surface area contributed by atoms with Gasteiger partial charge in [-0.25, -0.2) is 18.7 Å². The molecule has 0 radical (unpaired) electrons. The number of carbonyl (C=O) groups is 1. The van der Waals surface area contributed by atoms with Crippen molar-refractivity contribution in [3.05, 3.63) is 33.4 Å². The van der Waals surface area contributed by atoms with Gasteiger partial charge in [-0.05, 0) is 44.2 Å². The van der Waals surface area contributed by atoms with Crippen LogP contribution in [0.15, 0.2) is 18.3 Å². The van der Waals surface area contributed by atoms with E-state index in [1.165, 1.54) is 0 Å². The molecule has 1 unspecified atom stereocenters. The lowest BCUT2D eigenvalue weighted by Crippen LogP contribution is -2.29. The number of benzene rings is 1. The van der Waals surface area contributed by atoms with Crippen molar-refractivity contribution in [2.45, 2.75) is 63.0 Å². The first-order valence-electron chi connectivity index (χ1n) is 11.7. The number of aromatic nitrogens is 4. The molecule has 0 aliphatic heterocycles. The summed E-state index contributed by atoms with van der Waals surface area (Å²) in [6.45, 7) is 0. The molecule has 0 saturated heterocycles. The third-order valence-corrected chi connectivity index (χ3v) is 7.69. The van der Waals surface area contributed by atoms with Crippen LogP contribution in [0.3, 0.4) is 0 Å². The van der Waals surface area contributed by atoms with Crippen molar-refractivity contribution >= 4 is 69.5 Å². The number of carbonyl (C=O) groups excluding carboxylic acids is 1. The maximum Gasteiger partial charge on any atom is 0.250 e. The van der Waals surface area contributed by atoms with E-state index in [4.69, 9.17) is 40.5 Å². The lowest BCUT2D eigenvalue weighted by Gasteiger charge is -2.29. The molecular weight excluding hydrogens is 535 g/mol. The number of nitrogens with two attached hydrogens (primary N) is 1. The molecule has 5 rings (SSSR count). The summed E-state index contributed by atoms with van der Waals surface area (Å²) in [6.07, 6.45) is 4.10. The van der Waals surface area contributed by atoms with Crippen LogP contribution in [-0.4, -0.2) is 37.4 Å². The smallest absolute Gasteiger partial charge is 0.250 e. The van der Waals surface area contributed by atoms with Gasteiger partial charge in [0.1, 0.15) is 5.52 Å². The molecule has 4 N–H and O–H groups in total. The second-order valence-corrected chi connectivity index (χ2v) is 10.7. The number of halogens is 5. The highest BCUT2D eigenvalue weighted by Gasteiger charge is 2.39. The number of hydrogen-bond acceptors (Lipinski definition) is 6. The summed E-state index contributed by atoms with van der Waals surface area (Å²) >= 11 is 18.9. The van der Waals surface area contributed by atoms with Crippen LogP contribution in [0.1, 0.15) is 51.0 Å². The van der Waals surface area contributed by atoms with Crippen LogP contribution in [0, 0.1) is 5.92 Å². The summed E-state index contributed by atoms with van der Waals surface area (Å²) in [4.78, 5) is 25.3. The summed E-state index contributed by atoms with van der Waals surface area (Å²) in [5.74, 6) is -2.46. The van der Waals surface area contributed by atoms with Gasteiger partial charge in [-0.15, -0.1) is 0 Å². The van der Waals surface area contributed by atoms with E-state index in [-0.39, 0.29) is 36.7 Å². The van der Waals surface area contributed by atoms with Gasteiger partial charge >= 0.3 is 0 Å². The summed E-state index contributed by atoms with van der Waals surface area (Å²) < 4.78 is 29.3. The molecule has 1 amide bonds. The molecule has 8 nitrogen and oxygen atoms in total. The van der Waals surface area contributed by atoms with Gasteiger partial charge in [-0.1, -0.05) is 34.8 Å². The number of nitrogens with one attached hydrogen (secondary N) is 2. The zero-order chi connectivity index (χ0) is 25.6. The van der Waals surface area contributed by atoms with Crippen molar-refractivity contribution in [2.75, 3.05) is 10.6 Å². The van der Waals surface area contributed by atoms with Gasteiger partial charge in [0.2, 0.25) is 23.7 Å². The quantitative estimate of drug-likeness (QED) is 0.325. The fourth-order valence-electron chi connectivity index (χ4n) is 5.04. The number of alkyl halides is 2. The van der Waals surface area contributed by atoms with Gasteiger partial charge in [0.25, 0.3) is 0 Å².